The quantitative estimate of drug-likeness (QED) is 0.639. The Bertz CT molecular complexity index is 1140. The molecule has 1 fully saturated rings. The summed E-state index contributed by atoms with van der Waals surface area (Å²) in [6.07, 6.45) is 1.52. The number of ether oxygens (including phenoxy) is 4. The fraction of sp³-hybridized carbons (Fsp3) is 0.364. The van der Waals surface area contributed by atoms with Gasteiger partial charge in [0.15, 0.2) is 11.5 Å². The molecule has 8 nitrogen and oxygen atoms in total. The highest BCUT2D eigenvalue weighted by Gasteiger charge is 2.20. The molecule has 1 aromatic heterocycles. The number of nitrogens with zero attached hydrogens (tertiary/aromatic N) is 3. The summed E-state index contributed by atoms with van der Waals surface area (Å²) in [5, 5.41) is 0.392. The standard InChI is InChI=1S/C22H25N3O5/c1-14-11-15(24-7-9-30-10-8-24)5-6-17(14)25-13-23-19-16(22(25)26)12-18(27-2)20(28-3)21(19)29-4/h5-6,11-13H,7-10H2,1-4H3. The van der Waals surface area contributed by atoms with Crippen LogP contribution >= 0.6 is 0 Å². The third kappa shape index (κ3) is 3.33. The molecule has 30 heavy (non-hydrogen) atoms. The Morgan fingerprint density at radius 1 is 1.00 bits per heavy atom. The lowest BCUT2D eigenvalue weighted by Gasteiger charge is -2.29. The van der Waals surface area contributed by atoms with Crippen molar-refractivity contribution in [2.75, 3.05) is 52.5 Å². The number of hydrogen-bond acceptors (Lipinski definition) is 7. The van der Waals surface area contributed by atoms with Gasteiger partial charge in [-0.05, 0) is 36.8 Å². The van der Waals surface area contributed by atoms with Gasteiger partial charge in [-0.3, -0.25) is 9.36 Å². The number of morpholine rings is 1. The van der Waals surface area contributed by atoms with Crippen molar-refractivity contribution in [3.8, 4) is 22.9 Å². The van der Waals surface area contributed by atoms with Crippen LogP contribution in [0.4, 0.5) is 5.69 Å². The van der Waals surface area contributed by atoms with Crippen LogP contribution in [-0.4, -0.2) is 57.2 Å². The highest BCUT2D eigenvalue weighted by Crippen LogP contribution is 2.41. The molecule has 3 aromatic rings. The highest BCUT2D eigenvalue weighted by atomic mass is 16.5. The van der Waals surface area contributed by atoms with Crippen molar-refractivity contribution in [2.24, 2.45) is 0 Å². The Morgan fingerprint density at radius 3 is 2.37 bits per heavy atom. The summed E-state index contributed by atoms with van der Waals surface area (Å²) in [7, 11) is 4.55. The number of aromatic nitrogens is 2. The van der Waals surface area contributed by atoms with Crippen LogP contribution in [0.25, 0.3) is 16.6 Å². The maximum atomic E-state index is 13.3. The third-order valence-electron chi connectivity index (χ3n) is 5.37. The molecule has 1 saturated heterocycles. The fourth-order valence-corrected chi connectivity index (χ4v) is 3.83. The lowest BCUT2D eigenvalue weighted by molar-refractivity contribution is 0.122. The second kappa shape index (κ2) is 8.23. The predicted octanol–water partition coefficient (Wildman–Crippen LogP) is 2.56. The van der Waals surface area contributed by atoms with E-state index in [0.717, 1.165) is 43.2 Å². The van der Waals surface area contributed by atoms with Crippen molar-refractivity contribution in [3.05, 3.63) is 46.5 Å². The van der Waals surface area contributed by atoms with E-state index in [1.165, 1.54) is 27.7 Å². The van der Waals surface area contributed by atoms with Gasteiger partial charge in [0.05, 0.1) is 45.6 Å². The van der Waals surface area contributed by atoms with Crippen molar-refractivity contribution >= 4 is 16.6 Å². The molecule has 0 N–H and O–H groups in total. The molecule has 0 radical (unpaired) electrons. The van der Waals surface area contributed by atoms with Gasteiger partial charge < -0.3 is 23.8 Å². The first kappa shape index (κ1) is 20.0. The Morgan fingerprint density at radius 2 is 1.73 bits per heavy atom. The summed E-state index contributed by atoms with van der Waals surface area (Å²) in [5.41, 5.74) is 3.10. The van der Waals surface area contributed by atoms with E-state index in [2.05, 4.69) is 16.0 Å². The number of rotatable bonds is 5. The van der Waals surface area contributed by atoms with Crippen molar-refractivity contribution in [3.63, 3.8) is 0 Å². The summed E-state index contributed by atoms with van der Waals surface area (Å²) in [6, 6.07) is 7.71. The Hall–Kier alpha value is -3.26. The van der Waals surface area contributed by atoms with Crippen LogP contribution in [0.2, 0.25) is 0 Å². The molecule has 0 spiro atoms. The monoisotopic (exact) mass is 411 g/mol. The van der Waals surface area contributed by atoms with E-state index in [0.29, 0.717) is 28.2 Å². The van der Waals surface area contributed by atoms with Gasteiger partial charge in [0.2, 0.25) is 5.75 Å². The topological polar surface area (TPSA) is 75.1 Å². The molecule has 1 aliphatic heterocycles. The van der Waals surface area contributed by atoms with E-state index in [9.17, 15) is 4.79 Å². The summed E-state index contributed by atoms with van der Waals surface area (Å²) >= 11 is 0. The molecule has 0 saturated carbocycles. The molecule has 0 bridgehead atoms. The number of methoxy groups -OCH3 is 3. The number of benzene rings is 2. The zero-order valence-corrected chi connectivity index (χ0v) is 17.6. The van der Waals surface area contributed by atoms with Gasteiger partial charge in [-0.1, -0.05) is 0 Å². The van der Waals surface area contributed by atoms with E-state index in [1.807, 2.05) is 19.1 Å². The Labute approximate surface area is 174 Å². The minimum absolute atomic E-state index is 0.207. The molecule has 158 valence electrons. The average molecular weight is 411 g/mol. The second-order valence-corrected chi connectivity index (χ2v) is 7.03. The first-order valence-corrected chi connectivity index (χ1v) is 9.73. The van der Waals surface area contributed by atoms with Crippen molar-refractivity contribution in [1.82, 2.24) is 9.55 Å². The van der Waals surface area contributed by atoms with Gasteiger partial charge in [-0.25, -0.2) is 4.98 Å². The number of anilines is 1. The third-order valence-corrected chi connectivity index (χ3v) is 5.37. The van der Waals surface area contributed by atoms with Crippen LogP contribution in [0.3, 0.4) is 0 Å². The normalized spacial score (nSPS) is 14.1. The van der Waals surface area contributed by atoms with E-state index in [1.54, 1.807) is 10.6 Å². The molecule has 2 heterocycles. The molecular formula is C22H25N3O5. The lowest BCUT2D eigenvalue weighted by atomic mass is 10.1. The molecule has 8 heteroatoms. The minimum Gasteiger partial charge on any atom is -0.493 e. The molecule has 0 atom stereocenters. The summed E-state index contributed by atoms with van der Waals surface area (Å²) in [4.78, 5) is 20.1. The van der Waals surface area contributed by atoms with Crippen LogP contribution < -0.4 is 24.7 Å². The Balaban J connectivity index is 1.84. The maximum absolute atomic E-state index is 13.3. The van der Waals surface area contributed by atoms with Crippen LogP contribution in [0.1, 0.15) is 5.56 Å². The van der Waals surface area contributed by atoms with E-state index >= 15 is 0 Å². The summed E-state index contributed by atoms with van der Waals surface area (Å²) in [5.74, 6) is 1.19. The predicted molar refractivity (Wildman–Crippen MR) is 115 cm³/mol. The van der Waals surface area contributed by atoms with Gasteiger partial charge in [0.1, 0.15) is 11.8 Å². The van der Waals surface area contributed by atoms with Gasteiger partial charge >= 0.3 is 0 Å². The van der Waals surface area contributed by atoms with Crippen LogP contribution in [0.5, 0.6) is 17.2 Å². The van der Waals surface area contributed by atoms with Crippen LogP contribution in [0, 0.1) is 6.92 Å². The second-order valence-electron chi connectivity index (χ2n) is 7.03. The van der Waals surface area contributed by atoms with E-state index in [4.69, 9.17) is 18.9 Å². The lowest BCUT2D eigenvalue weighted by Crippen LogP contribution is -2.36. The molecule has 0 amide bonds. The molecule has 4 rings (SSSR count). The molecular weight excluding hydrogens is 386 g/mol. The zero-order valence-electron chi connectivity index (χ0n) is 17.6. The average Bonchev–Trinajstić information content (AvgIpc) is 2.79. The summed E-state index contributed by atoms with van der Waals surface area (Å²) < 4.78 is 23.2. The maximum Gasteiger partial charge on any atom is 0.266 e. The molecule has 0 aliphatic carbocycles. The zero-order chi connectivity index (χ0) is 21.3. The SMILES string of the molecule is COc1cc2c(=O)n(-c3ccc(N4CCOCC4)cc3C)cnc2c(OC)c1OC. The van der Waals surface area contributed by atoms with E-state index in [-0.39, 0.29) is 5.56 Å². The first-order valence-electron chi connectivity index (χ1n) is 9.73. The smallest absolute Gasteiger partial charge is 0.266 e. The molecule has 2 aromatic carbocycles. The van der Waals surface area contributed by atoms with Crippen LogP contribution in [0.15, 0.2) is 35.4 Å². The van der Waals surface area contributed by atoms with Gasteiger partial charge in [-0.2, -0.15) is 0 Å². The van der Waals surface area contributed by atoms with Crippen LogP contribution in [-0.2, 0) is 4.74 Å². The number of aryl methyl sites for hydroxylation is 1. The van der Waals surface area contributed by atoms with E-state index < -0.39 is 0 Å². The highest BCUT2D eigenvalue weighted by molar-refractivity contribution is 5.89. The number of fused-ring (bicyclic) bond motifs is 1. The van der Waals surface area contributed by atoms with Gasteiger partial charge in [0.25, 0.3) is 5.56 Å². The van der Waals surface area contributed by atoms with Gasteiger partial charge in [0, 0.05) is 18.8 Å². The molecule has 0 unspecified atom stereocenters. The largest absolute Gasteiger partial charge is 0.493 e. The van der Waals surface area contributed by atoms with Crippen molar-refractivity contribution in [1.29, 1.82) is 0 Å². The summed E-state index contributed by atoms with van der Waals surface area (Å²) in [6.45, 7) is 5.16. The van der Waals surface area contributed by atoms with Crippen molar-refractivity contribution < 1.29 is 18.9 Å². The first-order chi connectivity index (χ1) is 14.6. The minimum atomic E-state index is -0.207. The molecule has 1 aliphatic rings. The fourth-order valence-electron chi connectivity index (χ4n) is 3.83. The number of hydrogen-bond donors (Lipinski definition) is 0. The Kier molecular flexibility index (Phi) is 5.50. The van der Waals surface area contributed by atoms with Gasteiger partial charge in [-0.15, -0.1) is 0 Å². The van der Waals surface area contributed by atoms with Crippen molar-refractivity contribution in [2.45, 2.75) is 6.92 Å².